The van der Waals surface area contributed by atoms with Crippen molar-refractivity contribution in [1.82, 2.24) is 5.32 Å². The van der Waals surface area contributed by atoms with Gasteiger partial charge in [-0.3, -0.25) is 9.59 Å². The van der Waals surface area contributed by atoms with Crippen molar-refractivity contribution in [3.05, 3.63) is 30.3 Å². The maximum Gasteiger partial charge on any atom is 0.261 e. The summed E-state index contributed by atoms with van der Waals surface area (Å²) in [4.78, 5) is 23.2. The minimum atomic E-state index is -0.606. The lowest BCUT2D eigenvalue weighted by Crippen LogP contribution is -2.44. The normalized spacial score (nSPS) is 20.5. The molecule has 1 aromatic rings. The second kappa shape index (κ2) is 5.91. The number of benzene rings is 1. The Labute approximate surface area is 110 Å². The summed E-state index contributed by atoms with van der Waals surface area (Å²) in [6.45, 7) is 1.68. The predicted octanol–water partition coefficient (Wildman–Crippen LogP) is 1.60. The second-order valence-corrected chi connectivity index (χ2v) is 5.19. The Kier molecular flexibility index (Phi) is 4.25. The monoisotopic (exact) mass is 265 g/mol. The fourth-order valence-corrected chi connectivity index (χ4v) is 2.61. The van der Waals surface area contributed by atoms with Crippen LogP contribution in [-0.4, -0.2) is 28.9 Å². The van der Waals surface area contributed by atoms with E-state index in [0.717, 1.165) is 5.75 Å². The summed E-state index contributed by atoms with van der Waals surface area (Å²) >= 11 is 1.27. The largest absolute Gasteiger partial charge is 0.481 e. The molecule has 1 heterocycles. The number of nitrogens with one attached hydrogen (secondary N) is 1. The van der Waals surface area contributed by atoms with Crippen molar-refractivity contribution in [3.8, 4) is 5.75 Å². The number of thioether (sulfide) groups is 1. The van der Waals surface area contributed by atoms with E-state index in [0.29, 0.717) is 12.2 Å². The molecule has 0 aromatic heterocycles. The van der Waals surface area contributed by atoms with Crippen LogP contribution in [0, 0.1) is 0 Å². The van der Waals surface area contributed by atoms with Gasteiger partial charge in [-0.05, 0) is 25.5 Å². The molecule has 0 unspecified atom stereocenters. The number of carbonyl (C=O) groups excluding carboxylic acids is 2. The summed E-state index contributed by atoms with van der Waals surface area (Å²) in [5, 5.41) is 2.75. The van der Waals surface area contributed by atoms with Crippen LogP contribution in [0.15, 0.2) is 30.3 Å². The Hall–Kier alpha value is -1.49. The molecule has 1 fully saturated rings. The van der Waals surface area contributed by atoms with Crippen LogP contribution in [0.25, 0.3) is 0 Å². The molecule has 1 aliphatic rings. The summed E-state index contributed by atoms with van der Waals surface area (Å²) in [6.07, 6.45) is 0.0959. The first-order valence-corrected chi connectivity index (χ1v) is 6.84. The van der Waals surface area contributed by atoms with Crippen molar-refractivity contribution in [1.29, 1.82) is 0 Å². The van der Waals surface area contributed by atoms with Crippen molar-refractivity contribution in [3.63, 3.8) is 0 Å². The molecule has 2 rings (SSSR count). The summed E-state index contributed by atoms with van der Waals surface area (Å²) in [5.41, 5.74) is 0. The molecule has 18 heavy (non-hydrogen) atoms. The molecule has 0 bridgehead atoms. The zero-order chi connectivity index (χ0) is 13.0. The molecular formula is C13H15NO3S. The molecular weight excluding hydrogens is 250 g/mol. The highest BCUT2D eigenvalue weighted by molar-refractivity contribution is 8.14. The number of hydrogen-bond donors (Lipinski definition) is 1. The van der Waals surface area contributed by atoms with Crippen LogP contribution in [0.1, 0.15) is 13.3 Å². The summed E-state index contributed by atoms with van der Waals surface area (Å²) in [7, 11) is 0. The third-order valence-electron chi connectivity index (χ3n) is 2.68. The second-order valence-electron chi connectivity index (χ2n) is 4.09. The fraction of sp³-hybridized carbons (Fsp3) is 0.385. The molecule has 1 saturated heterocycles. The molecule has 0 aliphatic carbocycles. The van der Waals surface area contributed by atoms with E-state index in [4.69, 9.17) is 4.74 Å². The molecule has 0 radical (unpaired) electrons. The molecule has 96 valence electrons. The van der Waals surface area contributed by atoms with Crippen molar-refractivity contribution >= 4 is 22.8 Å². The Bertz CT molecular complexity index is 435. The quantitative estimate of drug-likeness (QED) is 0.898. The Morgan fingerprint density at radius 3 is 2.78 bits per heavy atom. The number of carbonyl (C=O) groups is 2. The standard InChI is InChI=1S/C13H15NO3S/c1-9(17-10-5-3-2-4-6-10)12(15)14-11-7-8-18-13(11)16/h2-6,9,11H,7-8H2,1H3,(H,14,15)/t9-,11+/m0/s1. The van der Waals surface area contributed by atoms with Gasteiger partial charge >= 0.3 is 0 Å². The first kappa shape index (κ1) is 13.0. The first-order valence-electron chi connectivity index (χ1n) is 5.85. The molecule has 4 nitrogen and oxygen atoms in total. The summed E-state index contributed by atoms with van der Waals surface area (Å²) < 4.78 is 5.49. The highest BCUT2D eigenvalue weighted by Crippen LogP contribution is 2.19. The Morgan fingerprint density at radius 2 is 2.17 bits per heavy atom. The fourth-order valence-electron chi connectivity index (χ4n) is 1.67. The van der Waals surface area contributed by atoms with Gasteiger partial charge in [-0.25, -0.2) is 0 Å². The van der Waals surface area contributed by atoms with Gasteiger partial charge in [-0.2, -0.15) is 0 Å². The van der Waals surface area contributed by atoms with Crippen LogP contribution in [0.4, 0.5) is 0 Å². The molecule has 5 heteroatoms. The van der Waals surface area contributed by atoms with E-state index in [-0.39, 0.29) is 17.1 Å². The minimum absolute atomic E-state index is 0.0373. The van der Waals surface area contributed by atoms with E-state index in [1.807, 2.05) is 18.2 Å². The van der Waals surface area contributed by atoms with Gasteiger partial charge < -0.3 is 10.1 Å². The molecule has 2 atom stereocenters. The number of amides is 1. The van der Waals surface area contributed by atoms with E-state index >= 15 is 0 Å². The van der Waals surface area contributed by atoms with Crippen molar-refractivity contribution in [2.24, 2.45) is 0 Å². The van der Waals surface area contributed by atoms with E-state index in [2.05, 4.69) is 5.32 Å². The van der Waals surface area contributed by atoms with Crippen LogP contribution in [0.2, 0.25) is 0 Å². The van der Waals surface area contributed by atoms with Crippen LogP contribution >= 0.6 is 11.8 Å². The van der Waals surface area contributed by atoms with E-state index in [1.54, 1.807) is 19.1 Å². The molecule has 0 spiro atoms. The van der Waals surface area contributed by atoms with Crippen molar-refractivity contribution in [2.75, 3.05) is 5.75 Å². The summed E-state index contributed by atoms with van der Waals surface area (Å²) in [5.74, 6) is 1.17. The van der Waals surface area contributed by atoms with Crippen molar-refractivity contribution < 1.29 is 14.3 Å². The first-order chi connectivity index (χ1) is 8.66. The van der Waals surface area contributed by atoms with Gasteiger partial charge in [0.2, 0.25) is 5.12 Å². The maximum atomic E-state index is 11.9. The lowest BCUT2D eigenvalue weighted by molar-refractivity contribution is -0.129. The van der Waals surface area contributed by atoms with Gasteiger partial charge in [0, 0.05) is 5.75 Å². The summed E-state index contributed by atoms with van der Waals surface area (Å²) in [6, 6.07) is 8.80. The predicted molar refractivity (Wildman–Crippen MR) is 70.5 cm³/mol. The third kappa shape index (κ3) is 3.26. The highest BCUT2D eigenvalue weighted by Gasteiger charge is 2.28. The molecule has 1 aromatic carbocycles. The maximum absolute atomic E-state index is 11.9. The number of hydrogen-bond acceptors (Lipinski definition) is 4. The minimum Gasteiger partial charge on any atom is -0.481 e. The van der Waals surface area contributed by atoms with E-state index in [9.17, 15) is 9.59 Å². The smallest absolute Gasteiger partial charge is 0.261 e. The molecule has 1 aliphatic heterocycles. The van der Waals surface area contributed by atoms with Crippen LogP contribution < -0.4 is 10.1 Å². The van der Waals surface area contributed by atoms with Gasteiger partial charge in [0.05, 0.1) is 6.04 Å². The lowest BCUT2D eigenvalue weighted by Gasteiger charge is -2.16. The van der Waals surface area contributed by atoms with Crippen LogP contribution in [0.3, 0.4) is 0 Å². The van der Waals surface area contributed by atoms with Crippen LogP contribution in [-0.2, 0) is 9.59 Å². The average molecular weight is 265 g/mol. The third-order valence-corrected chi connectivity index (χ3v) is 3.69. The van der Waals surface area contributed by atoms with Crippen LogP contribution in [0.5, 0.6) is 5.75 Å². The molecule has 1 N–H and O–H groups in total. The lowest BCUT2D eigenvalue weighted by atomic mass is 10.2. The molecule has 1 amide bonds. The topological polar surface area (TPSA) is 55.4 Å². The van der Waals surface area contributed by atoms with Gasteiger partial charge in [-0.15, -0.1) is 0 Å². The van der Waals surface area contributed by atoms with Gasteiger partial charge in [0.25, 0.3) is 5.91 Å². The molecule has 0 saturated carbocycles. The van der Waals surface area contributed by atoms with E-state index < -0.39 is 6.10 Å². The number of rotatable bonds is 4. The van der Waals surface area contributed by atoms with Gasteiger partial charge in [0.1, 0.15) is 5.75 Å². The Morgan fingerprint density at radius 1 is 1.44 bits per heavy atom. The van der Waals surface area contributed by atoms with Crippen molar-refractivity contribution in [2.45, 2.75) is 25.5 Å². The Balaban J connectivity index is 1.87. The number of ether oxygens (including phenoxy) is 1. The zero-order valence-electron chi connectivity index (χ0n) is 10.1. The zero-order valence-corrected chi connectivity index (χ0v) is 10.9. The highest BCUT2D eigenvalue weighted by atomic mass is 32.2. The van der Waals surface area contributed by atoms with E-state index in [1.165, 1.54) is 11.8 Å². The number of para-hydroxylation sites is 1. The van der Waals surface area contributed by atoms with Gasteiger partial charge in [-0.1, -0.05) is 30.0 Å². The van der Waals surface area contributed by atoms with Gasteiger partial charge in [0.15, 0.2) is 6.10 Å². The SMILES string of the molecule is C[C@H](Oc1ccccc1)C(=O)N[C@@H]1CCSC1=O. The average Bonchev–Trinajstić information content (AvgIpc) is 2.76.